The van der Waals surface area contributed by atoms with Gasteiger partial charge >= 0.3 is 7.12 Å². The number of aromatic amines is 1. The van der Waals surface area contributed by atoms with E-state index in [4.69, 9.17) is 0 Å². The highest BCUT2D eigenvalue weighted by Crippen LogP contribution is 2.22. The highest BCUT2D eigenvalue weighted by Gasteiger charge is 2.22. The predicted octanol–water partition coefficient (Wildman–Crippen LogP) is -0.365. The molecule has 0 unspecified atom stereocenters. The Morgan fingerprint density at radius 2 is 1.70 bits per heavy atom. The van der Waals surface area contributed by atoms with Crippen LogP contribution < -0.4 is 20.8 Å². The Hall–Kier alpha value is -3.04. The number of nitrogens with zero attached hydrogens (tertiary/aromatic N) is 3. The fourth-order valence-electron chi connectivity index (χ4n) is 3.35. The fourth-order valence-corrected chi connectivity index (χ4v) is 3.35. The van der Waals surface area contributed by atoms with Crippen molar-refractivity contribution in [3.05, 3.63) is 52.8 Å². The summed E-state index contributed by atoms with van der Waals surface area (Å²) in [5.41, 5.74) is 1.40. The van der Waals surface area contributed by atoms with Gasteiger partial charge in [-0.15, -0.1) is 0 Å². The molecule has 1 fully saturated rings. The Balaban J connectivity index is 1.51. The van der Waals surface area contributed by atoms with Crippen molar-refractivity contribution in [2.75, 3.05) is 36.0 Å². The largest absolute Gasteiger partial charge is 0.508 e. The van der Waals surface area contributed by atoms with Gasteiger partial charge in [-0.2, -0.15) is 0 Å². The number of benzene rings is 2. The Bertz CT molecular complexity index is 1030. The number of fused-ring (bicyclic) bond motifs is 1. The molecule has 3 aromatic rings. The van der Waals surface area contributed by atoms with E-state index in [-0.39, 0.29) is 16.8 Å². The fraction of sp³-hybridized carbons (Fsp3) is 0.222. The minimum Gasteiger partial charge on any atom is -0.508 e. The molecule has 0 spiro atoms. The molecule has 4 N–H and O–H groups in total. The molecule has 9 heteroatoms. The van der Waals surface area contributed by atoms with Crippen molar-refractivity contribution in [1.29, 1.82) is 0 Å². The van der Waals surface area contributed by atoms with Gasteiger partial charge in [-0.05, 0) is 18.2 Å². The Morgan fingerprint density at radius 3 is 2.41 bits per heavy atom. The molecule has 2 heterocycles. The van der Waals surface area contributed by atoms with Gasteiger partial charge < -0.3 is 25.0 Å². The van der Waals surface area contributed by atoms with Gasteiger partial charge in [0.15, 0.2) is 0 Å². The second kappa shape index (κ2) is 6.94. The Morgan fingerprint density at radius 1 is 1.00 bits per heavy atom. The maximum atomic E-state index is 12.3. The van der Waals surface area contributed by atoms with E-state index >= 15 is 0 Å². The number of phenols is 1. The molecule has 0 bridgehead atoms. The predicted molar refractivity (Wildman–Crippen MR) is 105 cm³/mol. The van der Waals surface area contributed by atoms with Crippen LogP contribution in [0.25, 0.3) is 10.9 Å². The number of anilines is 2. The SMILES string of the molecule is O=c1[nH]c(N2CCN(c3ccc(B(O)O)c(O)c3)CC2)nc2ccccc12. The Kier molecular flexibility index (Phi) is 4.47. The van der Waals surface area contributed by atoms with Crippen LogP contribution in [0.1, 0.15) is 0 Å². The molecule has 2 aromatic carbocycles. The van der Waals surface area contributed by atoms with E-state index in [2.05, 4.69) is 14.9 Å². The first-order chi connectivity index (χ1) is 13.0. The smallest absolute Gasteiger partial charge is 0.492 e. The number of rotatable bonds is 3. The minimum absolute atomic E-state index is 0.0790. The van der Waals surface area contributed by atoms with Crippen molar-refractivity contribution in [2.24, 2.45) is 0 Å². The maximum Gasteiger partial charge on any atom is 0.492 e. The van der Waals surface area contributed by atoms with Gasteiger partial charge in [0.2, 0.25) is 5.95 Å². The van der Waals surface area contributed by atoms with Crippen LogP contribution in [0.15, 0.2) is 47.3 Å². The summed E-state index contributed by atoms with van der Waals surface area (Å²) in [5.74, 6) is 0.408. The van der Waals surface area contributed by atoms with Gasteiger partial charge in [-0.1, -0.05) is 18.2 Å². The number of aromatic nitrogens is 2. The van der Waals surface area contributed by atoms with E-state index in [1.54, 1.807) is 12.1 Å². The van der Waals surface area contributed by atoms with Crippen LogP contribution in [0, 0.1) is 0 Å². The van der Waals surface area contributed by atoms with Crippen LogP contribution in [0.3, 0.4) is 0 Å². The zero-order valence-corrected chi connectivity index (χ0v) is 14.5. The van der Waals surface area contributed by atoms with E-state index in [9.17, 15) is 19.9 Å². The summed E-state index contributed by atoms with van der Waals surface area (Å²) >= 11 is 0. The van der Waals surface area contributed by atoms with E-state index < -0.39 is 7.12 Å². The number of phenolic OH excluding ortho intramolecular Hbond substituents is 1. The average Bonchev–Trinajstić information content (AvgIpc) is 2.68. The number of aromatic hydroxyl groups is 1. The van der Waals surface area contributed by atoms with Gasteiger partial charge in [0.05, 0.1) is 10.9 Å². The number of hydrogen-bond acceptors (Lipinski definition) is 7. The summed E-state index contributed by atoms with van der Waals surface area (Å²) < 4.78 is 0. The molecule has 1 aliphatic heterocycles. The topological polar surface area (TPSA) is 113 Å². The van der Waals surface area contributed by atoms with Gasteiger partial charge in [0, 0.05) is 43.4 Å². The monoisotopic (exact) mass is 366 g/mol. The van der Waals surface area contributed by atoms with E-state index in [0.29, 0.717) is 43.0 Å². The molecule has 0 atom stereocenters. The van der Waals surface area contributed by atoms with Gasteiger partial charge in [0.1, 0.15) is 5.75 Å². The standard InChI is InChI=1S/C18H19BN4O4/c24-16-11-12(5-6-14(16)19(26)27)22-7-9-23(10-8-22)18-20-15-4-2-1-3-13(15)17(25)21-18/h1-6,11,24,26-27H,7-10H2,(H,20,21,25). The summed E-state index contributed by atoms with van der Waals surface area (Å²) in [4.78, 5) is 23.8. The third-order valence-electron chi connectivity index (χ3n) is 4.84. The molecule has 0 aliphatic carbocycles. The normalized spacial score (nSPS) is 14.6. The lowest BCUT2D eigenvalue weighted by Crippen LogP contribution is -2.47. The molecular formula is C18H19BN4O4. The minimum atomic E-state index is -1.70. The van der Waals surface area contributed by atoms with E-state index in [1.807, 2.05) is 23.1 Å². The lowest BCUT2D eigenvalue weighted by molar-refractivity contribution is 0.419. The van der Waals surface area contributed by atoms with Crippen molar-refractivity contribution in [3.8, 4) is 5.75 Å². The van der Waals surface area contributed by atoms with Crippen molar-refractivity contribution in [1.82, 2.24) is 9.97 Å². The first kappa shape index (κ1) is 17.4. The third kappa shape index (κ3) is 3.34. The molecule has 1 aromatic heterocycles. The highest BCUT2D eigenvalue weighted by atomic mass is 16.4. The van der Waals surface area contributed by atoms with Crippen molar-refractivity contribution in [2.45, 2.75) is 0 Å². The lowest BCUT2D eigenvalue weighted by atomic mass is 9.79. The number of hydrogen-bond donors (Lipinski definition) is 4. The molecule has 0 radical (unpaired) electrons. The first-order valence-electron chi connectivity index (χ1n) is 8.71. The molecule has 4 rings (SSSR count). The molecule has 138 valence electrons. The summed E-state index contributed by atoms with van der Waals surface area (Å²) in [7, 11) is -1.70. The van der Waals surface area contributed by atoms with Gasteiger partial charge in [-0.25, -0.2) is 4.98 Å². The summed E-state index contributed by atoms with van der Waals surface area (Å²) in [6, 6.07) is 12.0. The first-order valence-corrected chi connectivity index (χ1v) is 8.71. The van der Waals surface area contributed by atoms with Crippen LogP contribution in [0.5, 0.6) is 5.75 Å². The average molecular weight is 366 g/mol. The summed E-state index contributed by atoms with van der Waals surface area (Å²) in [5, 5.41) is 28.9. The van der Waals surface area contributed by atoms with Crippen LogP contribution >= 0.6 is 0 Å². The van der Waals surface area contributed by atoms with Crippen molar-refractivity contribution in [3.63, 3.8) is 0 Å². The van der Waals surface area contributed by atoms with Crippen LogP contribution in [-0.2, 0) is 0 Å². The van der Waals surface area contributed by atoms with Crippen LogP contribution in [-0.4, -0.2) is 58.4 Å². The molecule has 1 aliphatic rings. The Labute approximate surface area is 155 Å². The highest BCUT2D eigenvalue weighted by molar-refractivity contribution is 6.59. The zero-order valence-electron chi connectivity index (χ0n) is 14.5. The summed E-state index contributed by atoms with van der Waals surface area (Å²) in [6.45, 7) is 2.67. The molecule has 27 heavy (non-hydrogen) atoms. The molecular weight excluding hydrogens is 347 g/mol. The third-order valence-corrected chi connectivity index (χ3v) is 4.84. The van der Waals surface area contributed by atoms with Gasteiger partial charge in [0.25, 0.3) is 5.56 Å². The van der Waals surface area contributed by atoms with E-state index in [0.717, 1.165) is 5.69 Å². The lowest BCUT2D eigenvalue weighted by Gasteiger charge is -2.36. The molecule has 0 saturated carbocycles. The van der Waals surface area contributed by atoms with Crippen molar-refractivity contribution >= 4 is 35.1 Å². The zero-order chi connectivity index (χ0) is 19.0. The number of piperazine rings is 1. The molecule has 1 saturated heterocycles. The summed E-state index contributed by atoms with van der Waals surface area (Å²) in [6.07, 6.45) is 0. The number of H-pyrrole nitrogens is 1. The van der Waals surface area contributed by atoms with Crippen LogP contribution in [0.4, 0.5) is 11.6 Å². The van der Waals surface area contributed by atoms with Gasteiger partial charge in [-0.3, -0.25) is 9.78 Å². The number of nitrogens with one attached hydrogen (secondary N) is 1. The second-order valence-corrected chi connectivity index (χ2v) is 6.50. The molecule has 0 amide bonds. The van der Waals surface area contributed by atoms with E-state index in [1.165, 1.54) is 12.1 Å². The van der Waals surface area contributed by atoms with Crippen LogP contribution in [0.2, 0.25) is 0 Å². The quantitative estimate of drug-likeness (QED) is 0.468. The number of para-hydroxylation sites is 1. The second-order valence-electron chi connectivity index (χ2n) is 6.50. The molecule has 8 nitrogen and oxygen atoms in total. The van der Waals surface area contributed by atoms with Crippen molar-refractivity contribution < 1.29 is 15.2 Å². The maximum absolute atomic E-state index is 12.3.